The van der Waals surface area contributed by atoms with Crippen LogP contribution in [-0.2, 0) is 12.8 Å². The third-order valence-electron chi connectivity index (χ3n) is 8.64. The number of halogens is 2. The third-order valence-corrected chi connectivity index (χ3v) is 11.4. The second-order valence-corrected chi connectivity index (χ2v) is 15.4. The van der Waals surface area contributed by atoms with Crippen LogP contribution < -0.4 is 0 Å². The first kappa shape index (κ1) is 35.4. The first-order valence-corrected chi connectivity index (χ1v) is 19.8. The van der Waals surface area contributed by atoms with E-state index in [0.717, 1.165) is 54.5 Å². The molecule has 2 heterocycles. The fourth-order valence-corrected chi connectivity index (χ4v) is 8.59. The van der Waals surface area contributed by atoms with Crippen molar-refractivity contribution < 1.29 is 0 Å². The van der Waals surface area contributed by atoms with E-state index in [0.29, 0.717) is 0 Å². The molecule has 0 saturated carbocycles. The van der Waals surface area contributed by atoms with Crippen LogP contribution in [0.3, 0.4) is 0 Å². The lowest BCUT2D eigenvalue weighted by atomic mass is 10.0. The Bertz CT molecular complexity index is 1290. The van der Waals surface area contributed by atoms with Crippen LogP contribution in [0.1, 0.15) is 139 Å². The third kappa shape index (κ3) is 11.4. The normalized spacial score (nSPS) is 11.6. The summed E-state index contributed by atoms with van der Waals surface area (Å²) >= 11 is 17.3. The second-order valence-electron chi connectivity index (χ2n) is 12.4. The van der Waals surface area contributed by atoms with Gasteiger partial charge >= 0.3 is 0 Å². The van der Waals surface area contributed by atoms with Crippen LogP contribution in [0.25, 0.3) is 31.7 Å². The number of rotatable bonds is 22. The molecule has 4 rings (SSSR count). The molecule has 6 heteroatoms. The van der Waals surface area contributed by atoms with Gasteiger partial charge in [-0.25, -0.2) is 9.97 Å². The molecule has 2 aromatic heterocycles. The Balaban J connectivity index is 1.28. The average molecular weight is 672 g/mol. The fraction of sp³-hybridized carbons (Fsp3) is 0.579. The molecule has 0 saturated heterocycles. The number of thiazole rings is 2. The van der Waals surface area contributed by atoms with E-state index >= 15 is 0 Å². The largest absolute Gasteiger partial charge is 0.249 e. The van der Waals surface area contributed by atoms with Crippen LogP contribution in [0.4, 0.5) is 0 Å². The highest BCUT2D eigenvalue weighted by atomic mass is 35.5. The quantitative estimate of drug-likeness (QED) is 0.0777. The van der Waals surface area contributed by atoms with Gasteiger partial charge in [-0.1, -0.05) is 140 Å². The van der Waals surface area contributed by atoms with Crippen molar-refractivity contribution >= 4 is 56.6 Å². The van der Waals surface area contributed by atoms with Gasteiger partial charge in [-0.3, -0.25) is 0 Å². The molecular weight excluding hydrogens is 619 g/mol. The minimum atomic E-state index is 0.763. The lowest BCUT2D eigenvalue weighted by molar-refractivity contribution is 0.564. The predicted octanol–water partition coefficient (Wildman–Crippen LogP) is 14.5. The zero-order valence-corrected chi connectivity index (χ0v) is 30.2. The maximum atomic E-state index is 6.86. The van der Waals surface area contributed by atoms with E-state index < -0.39 is 0 Å². The maximum Gasteiger partial charge on any atom is 0.0931 e. The molecule has 0 radical (unpaired) electrons. The zero-order valence-electron chi connectivity index (χ0n) is 27.1. The molecule has 44 heavy (non-hydrogen) atoms. The van der Waals surface area contributed by atoms with Crippen LogP contribution in [0, 0.1) is 0 Å². The summed E-state index contributed by atoms with van der Waals surface area (Å²) in [7, 11) is 0. The Morgan fingerprint density at radius 1 is 0.477 bits per heavy atom. The van der Waals surface area contributed by atoms with Crippen molar-refractivity contribution in [2.24, 2.45) is 0 Å². The molecule has 0 atom stereocenters. The van der Waals surface area contributed by atoms with Crippen LogP contribution >= 0.6 is 45.9 Å². The summed E-state index contributed by atoms with van der Waals surface area (Å²) in [6, 6.07) is 8.50. The zero-order chi connectivity index (χ0) is 31.0. The molecule has 2 nitrogen and oxygen atoms in total. The van der Waals surface area contributed by atoms with E-state index in [4.69, 9.17) is 33.2 Å². The van der Waals surface area contributed by atoms with Gasteiger partial charge in [0.1, 0.15) is 0 Å². The van der Waals surface area contributed by atoms with E-state index in [-0.39, 0.29) is 0 Å². The van der Waals surface area contributed by atoms with Crippen LogP contribution in [0.15, 0.2) is 36.7 Å². The molecule has 0 aliphatic carbocycles. The summed E-state index contributed by atoms with van der Waals surface area (Å²) in [6.45, 7) is 4.56. The highest BCUT2D eigenvalue weighted by Gasteiger charge is 2.14. The Morgan fingerprint density at radius 3 is 1.18 bits per heavy atom. The van der Waals surface area contributed by atoms with Gasteiger partial charge < -0.3 is 0 Å². The Hall–Kier alpha value is -1.46. The van der Waals surface area contributed by atoms with E-state index in [2.05, 4.69) is 38.1 Å². The van der Waals surface area contributed by atoms with Crippen molar-refractivity contribution in [2.75, 3.05) is 0 Å². The monoisotopic (exact) mass is 670 g/mol. The molecule has 0 N–H and O–H groups in total. The topological polar surface area (TPSA) is 25.8 Å². The van der Waals surface area contributed by atoms with E-state index in [1.54, 1.807) is 22.7 Å². The smallest absolute Gasteiger partial charge is 0.0931 e. The van der Waals surface area contributed by atoms with Gasteiger partial charge in [-0.05, 0) is 60.7 Å². The first-order valence-electron chi connectivity index (χ1n) is 17.4. The lowest BCUT2D eigenvalue weighted by Crippen LogP contribution is -1.85. The molecule has 0 unspecified atom stereocenters. The van der Waals surface area contributed by atoms with Gasteiger partial charge in [0.05, 0.1) is 19.8 Å². The minimum Gasteiger partial charge on any atom is -0.249 e. The van der Waals surface area contributed by atoms with Gasteiger partial charge in [0.2, 0.25) is 0 Å². The Morgan fingerprint density at radius 2 is 0.818 bits per heavy atom. The standard InChI is InChI=1S/C38H52Cl2N2S2/c1-3-5-7-9-11-13-15-17-19-21-37-41-27-35(43-37)31-23-29-26-34(40)32(24-30(29)25-33(31)39)36-28-42-38(44-36)22-20-18-16-14-12-10-8-6-4-2/h23-28H,3-22H2,1-2H3. The number of nitrogens with zero attached hydrogens (tertiary/aromatic N) is 2. The summed E-state index contributed by atoms with van der Waals surface area (Å²) in [4.78, 5) is 11.7. The van der Waals surface area contributed by atoms with E-state index in [1.807, 2.05) is 12.4 Å². The van der Waals surface area contributed by atoms with Crippen molar-refractivity contribution in [1.29, 1.82) is 0 Å². The van der Waals surface area contributed by atoms with Gasteiger partial charge in [-0.2, -0.15) is 0 Å². The number of hydrogen-bond acceptors (Lipinski definition) is 4. The second kappa shape index (κ2) is 19.9. The molecule has 0 amide bonds. The highest BCUT2D eigenvalue weighted by Crippen LogP contribution is 2.40. The molecule has 0 spiro atoms. The molecule has 0 bridgehead atoms. The summed E-state index contributed by atoms with van der Waals surface area (Å²) in [5.74, 6) is 0. The van der Waals surface area contributed by atoms with Crippen molar-refractivity contribution in [3.05, 3.63) is 56.7 Å². The Kier molecular flexibility index (Phi) is 16.0. The molecule has 0 aliphatic heterocycles. The van der Waals surface area contributed by atoms with Crippen LogP contribution in [0.5, 0.6) is 0 Å². The molecule has 2 aromatic carbocycles. The maximum absolute atomic E-state index is 6.86. The summed E-state index contributed by atoms with van der Waals surface area (Å²) in [5, 5.41) is 6.14. The number of unbranched alkanes of at least 4 members (excludes halogenated alkanes) is 16. The summed E-state index contributed by atoms with van der Waals surface area (Å²) in [5.41, 5.74) is 2.08. The highest BCUT2D eigenvalue weighted by molar-refractivity contribution is 7.15. The van der Waals surface area contributed by atoms with Crippen molar-refractivity contribution in [1.82, 2.24) is 9.97 Å². The van der Waals surface area contributed by atoms with Crippen LogP contribution in [-0.4, -0.2) is 9.97 Å². The van der Waals surface area contributed by atoms with Crippen molar-refractivity contribution in [3.63, 3.8) is 0 Å². The van der Waals surface area contributed by atoms with Gasteiger partial charge in [0.15, 0.2) is 0 Å². The Labute approximate surface area is 285 Å². The number of fused-ring (bicyclic) bond motifs is 1. The number of hydrogen-bond donors (Lipinski definition) is 0. The predicted molar refractivity (Wildman–Crippen MR) is 198 cm³/mol. The average Bonchev–Trinajstić information content (AvgIpc) is 3.69. The summed E-state index contributed by atoms with van der Waals surface area (Å²) in [6.07, 6.45) is 30.3. The first-order chi connectivity index (χ1) is 21.6. The molecular formula is C38H52Cl2N2S2. The summed E-state index contributed by atoms with van der Waals surface area (Å²) < 4.78 is 0. The van der Waals surface area contributed by atoms with Crippen molar-refractivity contribution in [3.8, 4) is 20.9 Å². The molecule has 4 aromatic rings. The SMILES string of the molecule is CCCCCCCCCCCc1ncc(-c2cc3cc(Cl)c(-c4cnc(CCCCCCCCCCC)s4)cc3cc2Cl)s1. The number of aromatic nitrogens is 2. The molecule has 0 fully saturated rings. The fourth-order valence-electron chi connectivity index (χ4n) is 5.95. The molecule has 240 valence electrons. The number of aryl methyl sites for hydroxylation is 2. The van der Waals surface area contributed by atoms with Crippen molar-refractivity contribution in [2.45, 2.75) is 142 Å². The number of benzene rings is 2. The minimum absolute atomic E-state index is 0.763. The molecule has 0 aliphatic rings. The van der Waals surface area contributed by atoms with E-state index in [1.165, 1.54) is 126 Å². The van der Waals surface area contributed by atoms with Gasteiger partial charge in [0.25, 0.3) is 0 Å². The van der Waals surface area contributed by atoms with E-state index in [9.17, 15) is 0 Å². The van der Waals surface area contributed by atoms with Gasteiger partial charge in [0, 0.05) is 33.6 Å². The van der Waals surface area contributed by atoms with Gasteiger partial charge in [-0.15, -0.1) is 22.7 Å². The lowest BCUT2D eigenvalue weighted by Gasteiger charge is -2.08. The van der Waals surface area contributed by atoms with Crippen LogP contribution in [0.2, 0.25) is 10.0 Å².